The van der Waals surface area contributed by atoms with Gasteiger partial charge in [-0.25, -0.2) is 9.37 Å². The predicted molar refractivity (Wildman–Crippen MR) is 121 cm³/mol. The molecule has 0 aliphatic carbocycles. The van der Waals surface area contributed by atoms with Gasteiger partial charge in [-0.2, -0.15) is 0 Å². The Labute approximate surface area is 193 Å². The zero-order valence-electron chi connectivity index (χ0n) is 19.2. The molecule has 7 nitrogen and oxygen atoms in total. The van der Waals surface area contributed by atoms with Gasteiger partial charge in [0.2, 0.25) is 11.8 Å². The number of ether oxygens (including phenoxy) is 1. The van der Waals surface area contributed by atoms with Crippen molar-refractivity contribution in [1.29, 1.82) is 0 Å². The van der Waals surface area contributed by atoms with E-state index in [4.69, 9.17) is 4.74 Å². The zero-order valence-corrected chi connectivity index (χ0v) is 19.2. The molecule has 0 unspecified atom stereocenters. The number of aromatic nitrogens is 1. The second kappa shape index (κ2) is 10.5. The van der Waals surface area contributed by atoms with Gasteiger partial charge in [0.1, 0.15) is 17.5 Å². The van der Waals surface area contributed by atoms with Crippen LogP contribution in [-0.2, 0) is 4.79 Å². The number of fused-ring (bicyclic) bond motifs is 1. The molecule has 0 bridgehead atoms. The van der Waals surface area contributed by atoms with Crippen molar-refractivity contribution in [3.05, 3.63) is 59.0 Å². The number of halogens is 1. The fourth-order valence-corrected chi connectivity index (χ4v) is 3.50. The van der Waals surface area contributed by atoms with Crippen molar-refractivity contribution in [2.75, 3.05) is 26.7 Å². The maximum atomic E-state index is 13.4. The first-order valence-electron chi connectivity index (χ1n) is 10.8. The minimum Gasteiger partial charge on any atom is -0.472 e. The van der Waals surface area contributed by atoms with E-state index in [2.05, 4.69) is 16.8 Å². The molecule has 0 saturated heterocycles. The van der Waals surface area contributed by atoms with Gasteiger partial charge in [-0.3, -0.25) is 9.59 Å². The lowest BCUT2D eigenvalue weighted by Gasteiger charge is -2.37. The van der Waals surface area contributed by atoms with E-state index < -0.39 is 12.1 Å². The summed E-state index contributed by atoms with van der Waals surface area (Å²) in [6.45, 7) is 5.66. The zero-order chi connectivity index (χ0) is 24.1. The molecule has 1 aromatic heterocycles. The summed E-state index contributed by atoms with van der Waals surface area (Å²) in [5.41, 5.74) is 1.20. The largest absolute Gasteiger partial charge is 0.472 e. The minimum absolute atomic E-state index is 0.0966. The topological polar surface area (TPSA) is 83.0 Å². The van der Waals surface area contributed by atoms with Gasteiger partial charge in [-0.1, -0.05) is 24.8 Å². The van der Waals surface area contributed by atoms with E-state index in [-0.39, 0.29) is 41.6 Å². The average molecular weight is 454 g/mol. The van der Waals surface area contributed by atoms with E-state index in [1.165, 1.54) is 25.3 Å². The number of hydrogen-bond acceptors (Lipinski definition) is 5. The summed E-state index contributed by atoms with van der Waals surface area (Å²) in [6.07, 6.45) is 1.09. The summed E-state index contributed by atoms with van der Waals surface area (Å²) in [7, 11) is 1.69. The first-order chi connectivity index (χ1) is 15.7. The van der Waals surface area contributed by atoms with Gasteiger partial charge in [0, 0.05) is 43.8 Å². The molecular weight excluding hydrogens is 425 g/mol. The molecule has 1 aliphatic heterocycles. The van der Waals surface area contributed by atoms with E-state index in [0.29, 0.717) is 24.2 Å². The molecule has 3 rings (SSSR count). The monoisotopic (exact) mass is 453 g/mol. The Morgan fingerprint density at radius 1 is 1.36 bits per heavy atom. The van der Waals surface area contributed by atoms with Crippen LogP contribution in [0.4, 0.5) is 4.39 Å². The van der Waals surface area contributed by atoms with Gasteiger partial charge in [-0.15, -0.1) is 0 Å². The first kappa shape index (κ1) is 24.2. The molecule has 0 fully saturated rings. The van der Waals surface area contributed by atoms with Crippen LogP contribution in [0.15, 0.2) is 36.5 Å². The summed E-state index contributed by atoms with van der Waals surface area (Å²) < 4.78 is 19.5. The van der Waals surface area contributed by atoms with Crippen LogP contribution in [0.3, 0.4) is 0 Å². The number of pyridine rings is 1. The van der Waals surface area contributed by atoms with Crippen LogP contribution >= 0.6 is 0 Å². The Bertz CT molecular complexity index is 1090. The molecular formula is C25H28FN3O4. The third kappa shape index (κ3) is 5.88. The summed E-state index contributed by atoms with van der Waals surface area (Å²) in [5.74, 6) is 5.02. The second-order valence-electron chi connectivity index (χ2n) is 8.36. The number of benzene rings is 1. The Balaban J connectivity index is 2.00. The van der Waals surface area contributed by atoms with E-state index in [1.54, 1.807) is 42.0 Å². The van der Waals surface area contributed by atoms with Gasteiger partial charge in [0.05, 0.1) is 19.2 Å². The number of carbonyl (C=O) groups is 2. The fraction of sp³-hybridized carbons (Fsp3) is 0.400. The quantitative estimate of drug-likeness (QED) is 0.719. The summed E-state index contributed by atoms with van der Waals surface area (Å²) >= 11 is 0. The number of hydrogen-bond donors (Lipinski definition) is 1. The molecule has 1 aromatic carbocycles. The van der Waals surface area contributed by atoms with Crippen molar-refractivity contribution in [3.8, 4) is 17.7 Å². The number of rotatable bonds is 4. The van der Waals surface area contributed by atoms with Crippen LogP contribution in [0.25, 0.3) is 0 Å². The normalized spacial score (nSPS) is 18.7. The Morgan fingerprint density at radius 2 is 2.09 bits per heavy atom. The Hall–Kier alpha value is -3.44. The van der Waals surface area contributed by atoms with Crippen molar-refractivity contribution in [3.63, 3.8) is 0 Å². The van der Waals surface area contributed by atoms with E-state index >= 15 is 0 Å². The molecule has 1 aliphatic rings. The smallest absolute Gasteiger partial charge is 0.259 e. The van der Waals surface area contributed by atoms with Gasteiger partial charge >= 0.3 is 0 Å². The lowest BCUT2D eigenvalue weighted by molar-refractivity contribution is -0.129. The van der Waals surface area contributed by atoms with Gasteiger partial charge < -0.3 is 19.6 Å². The van der Waals surface area contributed by atoms with E-state index in [1.807, 2.05) is 6.92 Å². The molecule has 8 heteroatoms. The standard InChI is InChI=1S/C25H28FN3O4/c1-16-13-29(17(2)15-30)25(32)22-11-20(9-8-19-6-5-7-21(26)10-19)12-27-24(22)33-23(16)14-28(4)18(3)31/h5-7,10-12,16-17,23,30H,13-15H2,1-4H3/t16-,17-,23-/m1/s1. The Morgan fingerprint density at radius 3 is 2.76 bits per heavy atom. The number of likely N-dealkylation sites (N-methyl/N-ethyl adjacent to an activating group) is 1. The van der Waals surface area contributed by atoms with Crippen LogP contribution in [-0.4, -0.2) is 70.6 Å². The van der Waals surface area contributed by atoms with Crippen molar-refractivity contribution in [1.82, 2.24) is 14.8 Å². The van der Waals surface area contributed by atoms with Crippen LogP contribution in [0, 0.1) is 23.6 Å². The van der Waals surface area contributed by atoms with E-state index in [0.717, 1.165) is 0 Å². The lowest BCUT2D eigenvalue weighted by atomic mass is 10.00. The maximum absolute atomic E-state index is 13.4. The third-order valence-electron chi connectivity index (χ3n) is 5.69. The maximum Gasteiger partial charge on any atom is 0.259 e. The van der Waals surface area contributed by atoms with Gasteiger partial charge in [0.25, 0.3) is 5.91 Å². The summed E-state index contributed by atoms with van der Waals surface area (Å²) in [6, 6.07) is 7.10. The van der Waals surface area contributed by atoms with Crippen LogP contribution in [0.5, 0.6) is 5.88 Å². The molecule has 33 heavy (non-hydrogen) atoms. The Kier molecular flexibility index (Phi) is 7.67. The lowest BCUT2D eigenvalue weighted by Crippen LogP contribution is -2.50. The summed E-state index contributed by atoms with van der Waals surface area (Å²) in [5, 5.41) is 9.73. The molecule has 2 heterocycles. The van der Waals surface area contributed by atoms with Crippen molar-refractivity contribution in [2.45, 2.75) is 32.9 Å². The predicted octanol–water partition coefficient (Wildman–Crippen LogP) is 2.32. The van der Waals surface area contributed by atoms with Crippen LogP contribution < -0.4 is 4.74 Å². The molecule has 2 aromatic rings. The molecule has 3 atom stereocenters. The highest BCUT2D eigenvalue weighted by atomic mass is 19.1. The number of aliphatic hydroxyl groups excluding tert-OH is 1. The molecule has 174 valence electrons. The number of nitrogens with zero attached hydrogens (tertiary/aromatic N) is 3. The molecule has 1 N–H and O–H groups in total. The average Bonchev–Trinajstić information content (AvgIpc) is 2.79. The van der Waals surface area contributed by atoms with Gasteiger partial charge in [0.15, 0.2) is 0 Å². The van der Waals surface area contributed by atoms with Crippen LogP contribution in [0.1, 0.15) is 42.3 Å². The van der Waals surface area contributed by atoms with Crippen molar-refractivity contribution in [2.24, 2.45) is 5.92 Å². The first-order valence-corrected chi connectivity index (χ1v) is 10.8. The molecule has 0 radical (unpaired) electrons. The highest BCUT2D eigenvalue weighted by molar-refractivity contribution is 5.97. The molecule has 0 spiro atoms. The highest BCUT2D eigenvalue weighted by Crippen LogP contribution is 2.27. The third-order valence-corrected chi connectivity index (χ3v) is 5.69. The van der Waals surface area contributed by atoms with Crippen molar-refractivity contribution < 1.29 is 23.8 Å². The van der Waals surface area contributed by atoms with Crippen LogP contribution in [0.2, 0.25) is 0 Å². The molecule has 2 amide bonds. The highest BCUT2D eigenvalue weighted by Gasteiger charge is 2.34. The number of carbonyl (C=O) groups excluding carboxylic acids is 2. The van der Waals surface area contributed by atoms with Gasteiger partial charge in [-0.05, 0) is 31.2 Å². The number of aliphatic hydroxyl groups is 1. The fourth-order valence-electron chi connectivity index (χ4n) is 3.50. The molecule has 0 saturated carbocycles. The van der Waals surface area contributed by atoms with E-state index in [9.17, 15) is 19.1 Å². The second-order valence-corrected chi connectivity index (χ2v) is 8.36. The summed E-state index contributed by atoms with van der Waals surface area (Å²) in [4.78, 5) is 32.6. The van der Waals surface area contributed by atoms with Crippen molar-refractivity contribution >= 4 is 11.8 Å². The number of amides is 2. The SMILES string of the molecule is CC(=O)N(C)C[C@H]1Oc2ncc(C#Cc3cccc(F)c3)cc2C(=O)N([C@H](C)CO)C[C@H]1C. The minimum atomic E-state index is -0.417.